The van der Waals surface area contributed by atoms with Crippen LogP contribution >= 0.6 is 0 Å². The zero-order valence-electron chi connectivity index (χ0n) is 12.7. The van der Waals surface area contributed by atoms with Crippen molar-refractivity contribution in [3.8, 4) is 5.88 Å². The second-order valence-electron chi connectivity index (χ2n) is 4.83. The average Bonchev–Trinajstić information content (AvgIpc) is 3.03. The van der Waals surface area contributed by atoms with E-state index in [1.54, 1.807) is 7.11 Å². The first kappa shape index (κ1) is 15.8. The fourth-order valence-corrected chi connectivity index (χ4v) is 2.21. The van der Waals surface area contributed by atoms with E-state index in [4.69, 9.17) is 19.9 Å². The Morgan fingerprint density at radius 3 is 2.95 bits per heavy atom. The molecule has 0 saturated carbocycles. The SMILES string of the molecule is CCOCCCNc1nc(C2CCCO2)nc(OC)c1N. The fraction of sp³-hybridized carbons (Fsp3) is 0.714. The van der Waals surface area contributed by atoms with Gasteiger partial charge in [0, 0.05) is 26.4 Å². The minimum Gasteiger partial charge on any atom is -0.479 e. The van der Waals surface area contributed by atoms with Crippen LogP contribution in [0.5, 0.6) is 5.88 Å². The molecule has 2 heterocycles. The number of aromatic nitrogens is 2. The van der Waals surface area contributed by atoms with Crippen molar-refractivity contribution in [2.24, 2.45) is 0 Å². The summed E-state index contributed by atoms with van der Waals surface area (Å²) in [5.74, 6) is 1.62. The second-order valence-corrected chi connectivity index (χ2v) is 4.83. The molecule has 118 valence electrons. The summed E-state index contributed by atoms with van der Waals surface area (Å²) in [6, 6.07) is 0. The molecule has 0 amide bonds. The summed E-state index contributed by atoms with van der Waals surface area (Å²) >= 11 is 0. The number of nitrogen functional groups attached to an aromatic ring is 1. The third-order valence-electron chi connectivity index (χ3n) is 3.30. The smallest absolute Gasteiger partial charge is 0.242 e. The fourth-order valence-electron chi connectivity index (χ4n) is 2.21. The minimum absolute atomic E-state index is 0.0662. The number of nitrogens with zero attached hydrogens (tertiary/aromatic N) is 2. The normalized spacial score (nSPS) is 17.9. The molecule has 0 spiro atoms. The van der Waals surface area contributed by atoms with Crippen molar-refractivity contribution in [1.82, 2.24) is 9.97 Å². The third kappa shape index (κ3) is 4.18. The molecule has 1 unspecified atom stereocenters. The second kappa shape index (κ2) is 7.99. The highest BCUT2D eigenvalue weighted by Gasteiger charge is 2.23. The van der Waals surface area contributed by atoms with Crippen LogP contribution in [0, 0.1) is 0 Å². The minimum atomic E-state index is -0.0662. The number of hydrogen-bond donors (Lipinski definition) is 2. The number of hydrogen-bond acceptors (Lipinski definition) is 7. The molecule has 1 aliphatic rings. The molecule has 0 bridgehead atoms. The molecule has 0 aromatic carbocycles. The van der Waals surface area contributed by atoms with Crippen LogP contribution in [0.25, 0.3) is 0 Å². The Kier molecular flexibility index (Phi) is 6.01. The van der Waals surface area contributed by atoms with E-state index < -0.39 is 0 Å². The van der Waals surface area contributed by atoms with Crippen LogP contribution in [0.1, 0.15) is 38.1 Å². The molecule has 2 rings (SSSR count). The van der Waals surface area contributed by atoms with Crippen LogP contribution in [0.3, 0.4) is 0 Å². The molecule has 7 heteroatoms. The van der Waals surface area contributed by atoms with Crippen LogP contribution in [-0.4, -0.2) is 43.4 Å². The summed E-state index contributed by atoms with van der Waals surface area (Å²) in [5, 5.41) is 3.22. The highest BCUT2D eigenvalue weighted by molar-refractivity contribution is 5.66. The van der Waals surface area contributed by atoms with Crippen LogP contribution in [0.2, 0.25) is 0 Å². The van der Waals surface area contributed by atoms with Gasteiger partial charge in [-0.25, -0.2) is 4.98 Å². The van der Waals surface area contributed by atoms with Gasteiger partial charge in [-0.15, -0.1) is 0 Å². The monoisotopic (exact) mass is 296 g/mol. The number of rotatable bonds is 8. The third-order valence-corrected chi connectivity index (χ3v) is 3.30. The van der Waals surface area contributed by atoms with Gasteiger partial charge in [-0.2, -0.15) is 4.98 Å². The van der Waals surface area contributed by atoms with Crippen LogP contribution < -0.4 is 15.8 Å². The van der Waals surface area contributed by atoms with E-state index in [1.807, 2.05) is 6.92 Å². The molecule has 1 aromatic rings. The van der Waals surface area contributed by atoms with Gasteiger partial charge < -0.3 is 25.3 Å². The summed E-state index contributed by atoms with van der Waals surface area (Å²) < 4.78 is 16.2. The van der Waals surface area contributed by atoms with Gasteiger partial charge in [-0.1, -0.05) is 0 Å². The lowest BCUT2D eigenvalue weighted by molar-refractivity contribution is 0.104. The Hall–Kier alpha value is -1.60. The molecule has 1 atom stereocenters. The van der Waals surface area contributed by atoms with Gasteiger partial charge in [-0.05, 0) is 26.2 Å². The maximum Gasteiger partial charge on any atom is 0.242 e. The number of nitrogens with one attached hydrogen (secondary N) is 1. The van der Waals surface area contributed by atoms with E-state index in [-0.39, 0.29) is 6.10 Å². The van der Waals surface area contributed by atoms with Crippen LogP contribution in [0.4, 0.5) is 11.5 Å². The maximum atomic E-state index is 6.02. The van der Waals surface area contributed by atoms with Gasteiger partial charge in [0.25, 0.3) is 0 Å². The van der Waals surface area contributed by atoms with E-state index in [0.717, 1.165) is 39.0 Å². The topological polar surface area (TPSA) is 91.5 Å². The lowest BCUT2D eigenvalue weighted by Crippen LogP contribution is -2.13. The highest BCUT2D eigenvalue weighted by Crippen LogP contribution is 2.32. The molecular formula is C14H24N4O3. The average molecular weight is 296 g/mol. The van der Waals surface area contributed by atoms with E-state index in [2.05, 4.69) is 15.3 Å². The van der Waals surface area contributed by atoms with Gasteiger partial charge in [0.1, 0.15) is 11.8 Å². The predicted molar refractivity (Wildman–Crippen MR) is 80.5 cm³/mol. The quantitative estimate of drug-likeness (QED) is 0.706. The van der Waals surface area contributed by atoms with Crippen LogP contribution in [0.15, 0.2) is 0 Å². The van der Waals surface area contributed by atoms with E-state index in [1.165, 1.54) is 0 Å². The Morgan fingerprint density at radius 1 is 1.43 bits per heavy atom. The number of ether oxygens (including phenoxy) is 3. The van der Waals surface area contributed by atoms with Gasteiger partial charge in [0.05, 0.1) is 7.11 Å². The lowest BCUT2D eigenvalue weighted by Gasteiger charge is -2.15. The molecule has 1 aromatic heterocycles. The van der Waals surface area contributed by atoms with Gasteiger partial charge in [0.2, 0.25) is 5.88 Å². The van der Waals surface area contributed by atoms with Gasteiger partial charge in [0.15, 0.2) is 11.6 Å². The molecular weight excluding hydrogens is 272 g/mol. The predicted octanol–water partition coefficient (Wildman–Crippen LogP) is 1.76. The molecule has 1 saturated heterocycles. The molecule has 0 radical (unpaired) electrons. The molecule has 3 N–H and O–H groups in total. The molecule has 21 heavy (non-hydrogen) atoms. The van der Waals surface area contributed by atoms with Crippen LogP contribution in [-0.2, 0) is 9.47 Å². The van der Waals surface area contributed by atoms with Crippen molar-refractivity contribution in [3.63, 3.8) is 0 Å². The van der Waals surface area contributed by atoms with Gasteiger partial charge >= 0.3 is 0 Å². The first-order valence-electron chi connectivity index (χ1n) is 7.40. The summed E-state index contributed by atoms with van der Waals surface area (Å²) in [6.45, 7) is 4.90. The number of methoxy groups -OCH3 is 1. The van der Waals surface area contributed by atoms with Gasteiger partial charge in [-0.3, -0.25) is 0 Å². The highest BCUT2D eigenvalue weighted by atomic mass is 16.5. The van der Waals surface area contributed by atoms with E-state index in [0.29, 0.717) is 29.8 Å². The Bertz CT molecular complexity index is 450. The molecule has 1 aliphatic heterocycles. The molecule has 7 nitrogen and oxygen atoms in total. The Labute approximate surface area is 125 Å². The Balaban J connectivity index is 2.05. The Morgan fingerprint density at radius 2 is 2.29 bits per heavy atom. The standard InChI is InChI=1S/C14H24N4O3/c1-3-20-8-5-7-16-13-11(15)14(19-2)18-12(17-13)10-6-4-9-21-10/h10H,3-9,15H2,1-2H3,(H,16,17,18). The summed E-state index contributed by atoms with van der Waals surface area (Å²) in [6.07, 6.45) is 2.77. The van der Waals surface area contributed by atoms with Crippen molar-refractivity contribution >= 4 is 11.5 Å². The number of anilines is 2. The number of nitrogens with two attached hydrogens (primary N) is 1. The van der Waals surface area contributed by atoms with E-state index in [9.17, 15) is 0 Å². The summed E-state index contributed by atoms with van der Waals surface area (Å²) in [7, 11) is 1.55. The first-order chi connectivity index (χ1) is 10.3. The largest absolute Gasteiger partial charge is 0.479 e. The zero-order valence-corrected chi connectivity index (χ0v) is 12.7. The molecule has 0 aliphatic carbocycles. The van der Waals surface area contributed by atoms with Crippen molar-refractivity contribution in [2.45, 2.75) is 32.3 Å². The first-order valence-corrected chi connectivity index (χ1v) is 7.40. The molecule has 1 fully saturated rings. The lowest BCUT2D eigenvalue weighted by atomic mass is 10.2. The maximum absolute atomic E-state index is 6.02. The summed E-state index contributed by atoms with van der Waals surface area (Å²) in [4.78, 5) is 8.83. The van der Waals surface area contributed by atoms with E-state index >= 15 is 0 Å². The van der Waals surface area contributed by atoms with Crippen molar-refractivity contribution in [2.75, 3.05) is 44.5 Å². The van der Waals surface area contributed by atoms with Crippen molar-refractivity contribution < 1.29 is 14.2 Å². The van der Waals surface area contributed by atoms with Crippen molar-refractivity contribution in [3.05, 3.63) is 5.82 Å². The summed E-state index contributed by atoms with van der Waals surface area (Å²) in [5.41, 5.74) is 6.44. The zero-order chi connectivity index (χ0) is 15.1. The van der Waals surface area contributed by atoms with Crippen molar-refractivity contribution in [1.29, 1.82) is 0 Å².